The molecule has 0 radical (unpaired) electrons. The van der Waals surface area contributed by atoms with E-state index in [4.69, 9.17) is 4.74 Å². The van der Waals surface area contributed by atoms with Crippen molar-refractivity contribution in [3.63, 3.8) is 0 Å². The Balaban J connectivity index is 1.86. The molecule has 1 amide bonds. The molecule has 1 aromatic heterocycles. The summed E-state index contributed by atoms with van der Waals surface area (Å²) in [4.78, 5) is 31.7. The monoisotopic (exact) mass is 512 g/mol. The average Bonchev–Trinajstić information content (AvgIpc) is 3.13. The van der Waals surface area contributed by atoms with Crippen LogP contribution >= 0.6 is 0 Å². The first kappa shape index (κ1) is 25.7. The molecule has 37 heavy (non-hydrogen) atoms. The van der Waals surface area contributed by atoms with Crippen LogP contribution in [0.4, 0.5) is 18.9 Å². The fraction of sp³-hybridized carbons (Fsp3) is 0.222. The lowest BCUT2D eigenvalue weighted by molar-refractivity contribution is -0.274. The van der Waals surface area contributed by atoms with Gasteiger partial charge in [-0.25, -0.2) is 0 Å². The van der Waals surface area contributed by atoms with Crippen LogP contribution in [0.2, 0.25) is 0 Å². The highest BCUT2D eigenvalue weighted by Gasteiger charge is 2.47. The molecule has 10 heteroatoms. The number of ketones is 1. The van der Waals surface area contributed by atoms with Gasteiger partial charge >= 0.3 is 6.36 Å². The van der Waals surface area contributed by atoms with E-state index in [2.05, 4.69) is 9.72 Å². The molecule has 1 atom stereocenters. The van der Waals surface area contributed by atoms with Gasteiger partial charge in [0.1, 0.15) is 17.3 Å². The third kappa shape index (κ3) is 5.13. The van der Waals surface area contributed by atoms with Crippen molar-refractivity contribution in [3.05, 3.63) is 89.3 Å². The van der Waals surface area contributed by atoms with Crippen LogP contribution < -0.4 is 14.4 Å². The number of ether oxygens (including phenoxy) is 2. The minimum atomic E-state index is -4.88. The Morgan fingerprint density at radius 3 is 2.35 bits per heavy atom. The number of alkyl halides is 3. The van der Waals surface area contributed by atoms with Gasteiger partial charge in [0, 0.05) is 23.6 Å². The number of hydrogen-bond donors (Lipinski definition) is 1. The quantitative estimate of drug-likeness (QED) is 0.258. The molecule has 1 saturated heterocycles. The number of aliphatic hydroxyl groups excluding tert-OH is 1. The fourth-order valence-electron chi connectivity index (χ4n) is 4.25. The van der Waals surface area contributed by atoms with E-state index in [-0.39, 0.29) is 17.2 Å². The van der Waals surface area contributed by atoms with Crippen LogP contribution in [0.3, 0.4) is 0 Å². The van der Waals surface area contributed by atoms with E-state index in [1.54, 1.807) is 30.3 Å². The lowest BCUT2D eigenvalue weighted by Gasteiger charge is -2.25. The normalized spacial score (nSPS) is 17.4. The Morgan fingerprint density at radius 1 is 1.08 bits per heavy atom. The van der Waals surface area contributed by atoms with Crippen LogP contribution in [-0.2, 0) is 9.59 Å². The molecule has 0 aliphatic carbocycles. The molecule has 1 aliphatic rings. The number of anilines is 1. The molecule has 1 N–H and O–H groups in total. The van der Waals surface area contributed by atoms with Crippen LogP contribution in [0.25, 0.3) is 5.76 Å². The number of aromatic nitrogens is 1. The van der Waals surface area contributed by atoms with E-state index in [0.717, 1.165) is 22.6 Å². The first-order chi connectivity index (χ1) is 17.5. The lowest BCUT2D eigenvalue weighted by atomic mass is 9.93. The highest BCUT2D eigenvalue weighted by Crippen LogP contribution is 2.43. The number of benzene rings is 2. The predicted octanol–water partition coefficient (Wildman–Crippen LogP) is 5.74. The van der Waals surface area contributed by atoms with Crippen molar-refractivity contribution in [1.29, 1.82) is 0 Å². The van der Waals surface area contributed by atoms with Crippen molar-refractivity contribution in [2.75, 3.05) is 12.0 Å². The summed E-state index contributed by atoms with van der Waals surface area (Å²) in [6, 6.07) is 11.7. The molecule has 0 spiro atoms. The van der Waals surface area contributed by atoms with Crippen molar-refractivity contribution >= 4 is 23.1 Å². The van der Waals surface area contributed by atoms with Crippen LogP contribution in [0, 0.1) is 0 Å². The van der Waals surface area contributed by atoms with Gasteiger partial charge in [-0.1, -0.05) is 19.9 Å². The SMILES string of the molecule is COc1ccc(/C(O)=C2/C(=O)C(=O)N(c3ccc(OC(F)(F)F)cc3)C2c2cccnc2)cc1C(C)C. The number of carbonyl (C=O) groups excluding carboxylic acids is 2. The second-order valence-corrected chi connectivity index (χ2v) is 8.61. The first-order valence-electron chi connectivity index (χ1n) is 11.3. The Bertz CT molecular complexity index is 1350. The van der Waals surface area contributed by atoms with Crippen molar-refractivity contribution < 1.29 is 37.3 Å². The van der Waals surface area contributed by atoms with Crippen LogP contribution in [0.15, 0.2) is 72.6 Å². The molecular formula is C27H23F3N2O5. The summed E-state index contributed by atoms with van der Waals surface area (Å²) in [5.41, 5.74) is 1.50. The number of hydrogen-bond acceptors (Lipinski definition) is 6. The van der Waals surface area contributed by atoms with E-state index in [1.807, 2.05) is 13.8 Å². The maximum atomic E-state index is 13.3. The predicted molar refractivity (Wildman–Crippen MR) is 129 cm³/mol. The Kier molecular flexibility index (Phi) is 6.93. The molecule has 2 aromatic carbocycles. The maximum absolute atomic E-state index is 13.3. The standard InChI is InChI=1S/C27H23F3N2O5/c1-15(2)20-13-16(6-11-21(20)36-3)24(33)22-23(17-5-4-12-31-14-17)32(26(35)25(22)34)18-7-9-19(10-8-18)37-27(28,29)30/h4-15,23,33H,1-3H3/b24-22-. The van der Waals surface area contributed by atoms with Crippen molar-refractivity contribution in [1.82, 2.24) is 4.98 Å². The van der Waals surface area contributed by atoms with E-state index in [9.17, 15) is 27.9 Å². The molecule has 192 valence electrons. The van der Waals surface area contributed by atoms with Gasteiger partial charge in [-0.3, -0.25) is 19.5 Å². The summed E-state index contributed by atoms with van der Waals surface area (Å²) in [5, 5.41) is 11.3. The van der Waals surface area contributed by atoms with Gasteiger partial charge in [0.05, 0.1) is 18.7 Å². The third-order valence-electron chi connectivity index (χ3n) is 5.92. The molecule has 0 saturated carbocycles. The molecule has 3 aromatic rings. The number of nitrogens with zero attached hydrogens (tertiary/aromatic N) is 2. The maximum Gasteiger partial charge on any atom is 0.573 e. The molecule has 1 aliphatic heterocycles. The zero-order chi connectivity index (χ0) is 26.9. The zero-order valence-corrected chi connectivity index (χ0v) is 20.1. The van der Waals surface area contributed by atoms with Gasteiger partial charge in [-0.05, 0) is 65.6 Å². The Hall–Kier alpha value is -4.34. The first-order valence-corrected chi connectivity index (χ1v) is 11.3. The topological polar surface area (TPSA) is 89.0 Å². The number of methoxy groups -OCH3 is 1. The number of pyridine rings is 1. The molecule has 7 nitrogen and oxygen atoms in total. The van der Waals surface area contributed by atoms with Gasteiger partial charge in [0.15, 0.2) is 0 Å². The summed E-state index contributed by atoms with van der Waals surface area (Å²) < 4.78 is 47.1. The third-order valence-corrected chi connectivity index (χ3v) is 5.92. The summed E-state index contributed by atoms with van der Waals surface area (Å²) in [6.07, 6.45) is -1.92. The van der Waals surface area contributed by atoms with Crippen molar-refractivity contribution in [2.45, 2.75) is 32.2 Å². The van der Waals surface area contributed by atoms with Gasteiger partial charge in [-0.2, -0.15) is 0 Å². The Morgan fingerprint density at radius 2 is 1.78 bits per heavy atom. The summed E-state index contributed by atoms with van der Waals surface area (Å²) >= 11 is 0. The number of rotatable bonds is 6. The molecule has 4 rings (SSSR count). The fourth-order valence-corrected chi connectivity index (χ4v) is 4.25. The van der Waals surface area contributed by atoms with E-state index in [1.165, 1.54) is 31.6 Å². The average molecular weight is 512 g/mol. The zero-order valence-electron chi connectivity index (χ0n) is 20.1. The van der Waals surface area contributed by atoms with Crippen LogP contribution in [0.1, 0.15) is 42.5 Å². The number of halogens is 3. The van der Waals surface area contributed by atoms with Gasteiger partial charge in [0.25, 0.3) is 11.7 Å². The van der Waals surface area contributed by atoms with E-state index in [0.29, 0.717) is 16.9 Å². The van der Waals surface area contributed by atoms with Gasteiger partial charge in [0.2, 0.25) is 0 Å². The van der Waals surface area contributed by atoms with Crippen molar-refractivity contribution in [2.24, 2.45) is 0 Å². The Labute approximate surface area is 210 Å². The van der Waals surface area contributed by atoms with Gasteiger partial charge < -0.3 is 14.6 Å². The van der Waals surface area contributed by atoms with Crippen LogP contribution in [0.5, 0.6) is 11.5 Å². The highest BCUT2D eigenvalue weighted by atomic mass is 19.4. The van der Waals surface area contributed by atoms with E-state index < -0.39 is 35.6 Å². The summed E-state index contributed by atoms with van der Waals surface area (Å²) in [7, 11) is 1.53. The van der Waals surface area contributed by atoms with Crippen molar-refractivity contribution in [3.8, 4) is 11.5 Å². The smallest absolute Gasteiger partial charge is 0.507 e. The second kappa shape index (κ2) is 9.96. The number of Topliss-reactive ketones (excluding diaryl/α,β-unsaturated/α-hetero) is 1. The molecule has 0 bridgehead atoms. The molecular weight excluding hydrogens is 489 g/mol. The minimum Gasteiger partial charge on any atom is -0.507 e. The molecule has 1 fully saturated rings. The van der Waals surface area contributed by atoms with E-state index >= 15 is 0 Å². The minimum absolute atomic E-state index is 0.0386. The van der Waals surface area contributed by atoms with Crippen LogP contribution in [-0.4, -0.2) is 35.3 Å². The molecule has 2 heterocycles. The number of aliphatic hydroxyl groups is 1. The lowest BCUT2D eigenvalue weighted by Crippen LogP contribution is -2.29. The number of carbonyl (C=O) groups is 2. The summed E-state index contributed by atoms with van der Waals surface area (Å²) in [6.45, 7) is 3.89. The second-order valence-electron chi connectivity index (χ2n) is 8.61. The number of amides is 1. The summed E-state index contributed by atoms with van der Waals surface area (Å²) in [5.74, 6) is -2.11. The van der Waals surface area contributed by atoms with Gasteiger partial charge in [-0.15, -0.1) is 13.2 Å². The molecule has 1 unspecified atom stereocenters. The largest absolute Gasteiger partial charge is 0.573 e. The highest BCUT2D eigenvalue weighted by molar-refractivity contribution is 6.51.